The third-order valence-electron chi connectivity index (χ3n) is 8.20. The number of hydrogen-bond donors (Lipinski definition) is 2. The molecule has 220 valence electrons. The topological polar surface area (TPSA) is 94.6 Å². The Hall–Kier alpha value is -4.18. The minimum atomic E-state index is -0.403. The van der Waals surface area contributed by atoms with Crippen molar-refractivity contribution in [3.63, 3.8) is 0 Å². The number of rotatable bonds is 11. The molecule has 2 aromatic carbocycles. The van der Waals surface area contributed by atoms with Gasteiger partial charge in [0.15, 0.2) is 11.6 Å². The van der Waals surface area contributed by atoms with Gasteiger partial charge in [-0.25, -0.2) is 13.8 Å². The first-order valence-electron chi connectivity index (χ1n) is 14.4. The summed E-state index contributed by atoms with van der Waals surface area (Å²) in [5.74, 6) is -0.358. The van der Waals surface area contributed by atoms with Gasteiger partial charge in [0.1, 0.15) is 5.82 Å². The van der Waals surface area contributed by atoms with Crippen LogP contribution in [-0.2, 0) is 22.7 Å². The molecular weight excluding hydrogens is 540 g/mol. The predicted octanol–water partition coefficient (Wildman–Crippen LogP) is 4.43. The van der Waals surface area contributed by atoms with E-state index in [0.717, 1.165) is 30.5 Å². The van der Waals surface area contributed by atoms with Crippen LogP contribution < -0.4 is 15.5 Å². The standard InChI is InChI=1S/C32H35F2N5O3/c1-21(5-8-30(41)37-20-40)39-19-26-13-23(6-7-28(26)32(39)42)17-35-16-22-9-11-38(12-10-22)31-29(34)15-25(18-36-31)24-3-2-4-27(33)14-24/h2-4,6-7,13-15,18,20-22,35H,5,8-12,16-17,19H2,1H3,(H,37,40,41). The third kappa shape index (κ3) is 6.82. The Morgan fingerprint density at radius 1 is 1.12 bits per heavy atom. The van der Waals surface area contributed by atoms with E-state index in [0.29, 0.717) is 67.4 Å². The number of carbonyl (C=O) groups excluding carboxylic acids is 3. The lowest BCUT2D eigenvalue weighted by molar-refractivity contribution is -0.125. The molecule has 0 radical (unpaired) electrons. The van der Waals surface area contributed by atoms with Gasteiger partial charge in [0.25, 0.3) is 5.91 Å². The van der Waals surface area contributed by atoms with Crippen LogP contribution >= 0.6 is 0 Å². The van der Waals surface area contributed by atoms with Gasteiger partial charge in [0, 0.05) is 56.0 Å². The number of benzene rings is 2. The van der Waals surface area contributed by atoms with E-state index in [1.807, 2.05) is 24.0 Å². The maximum Gasteiger partial charge on any atom is 0.254 e. The molecule has 1 atom stereocenters. The zero-order valence-corrected chi connectivity index (χ0v) is 23.6. The summed E-state index contributed by atoms with van der Waals surface area (Å²) in [5, 5.41) is 5.67. The maximum atomic E-state index is 14.9. The molecule has 0 saturated carbocycles. The van der Waals surface area contributed by atoms with Crippen LogP contribution in [0.25, 0.3) is 11.1 Å². The summed E-state index contributed by atoms with van der Waals surface area (Å²) < 4.78 is 28.5. The fourth-order valence-corrected chi connectivity index (χ4v) is 5.76. The molecule has 0 bridgehead atoms. The van der Waals surface area contributed by atoms with E-state index in [1.54, 1.807) is 23.2 Å². The lowest BCUT2D eigenvalue weighted by Crippen LogP contribution is -2.38. The Kier molecular flexibility index (Phi) is 9.22. The summed E-state index contributed by atoms with van der Waals surface area (Å²) in [6.07, 6.45) is 4.46. The largest absolute Gasteiger partial charge is 0.354 e. The summed E-state index contributed by atoms with van der Waals surface area (Å²) in [4.78, 5) is 43.0. The van der Waals surface area contributed by atoms with Gasteiger partial charge in [-0.1, -0.05) is 24.3 Å². The van der Waals surface area contributed by atoms with Gasteiger partial charge in [-0.2, -0.15) is 0 Å². The fourth-order valence-electron chi connectivity index (χ4n) is 5.76. The summed E-state index contributed by atoms with van der Waals surface area (Å²) >= 11 is 0. The second kappa shape index (κ2) is 13.2. The highest BCUT2D eigenvalue weighted by atomic mass is 19.1. The number of pyridine rings is 1. The number of piperidine rings is 1. The molecule has 2 N–H and O–H groups in total. The predicted molar refractivity (Wildman–Crippen MR) is 155 cm³/mol. The SMILES string of the molecule is CC(CCC(=O)NC=O)N1Cc2cc(CNCC3CCN(c4ncc(-c5cccc(F)c5)cc4F)CC3)ccc2C1=O. The van der Waals surface area contributed by atoms with Gasteiger partial charge in [0.2, 0.25) is 12.3 Å². The molecule has 0 aliphatic carbocycles. The van der Waals surface area contributed by atoms with Crippen molar-refractivity contribution in [3.8, 4) is 11.1 Å². The third-order valence-corrected chi connectivity index (χ3v) is 8.20. The van der Waals surface area contributed by atoms with Crippen molar-refractivity contribution in [1.82, 2.24) is 20.5 Å². The Morgan fingerprint density at radius 2 is 1.93 bits per heavy atom. The van der Waals surface area contributed by atoms with E-state index in [4.69, 9.17) is 0 Å². The van der Waals surface area contributed by atoms with Crippen LogP contribution in [0.1, 0.15) is 54.1 Å². The van der Waals surface area contributed by atoms with Crippen LogP contribution in [0.4, 0.5) is 14.6 Å². The van der Waals surface area contributed by atoms with Crippen LogP contribution in [0.3, 0.4) is 0 Å². The molecule has 1 saturated heterocycles. The van der Waals surface area contributed by atoms with Crippen molar-refractivity contribution in [2.45, 2.75) is 51.7 Å². The molecule has 8 nitrogen and oxygen atoms in total. The number of nitrogens with zero attached hydrogens (tertiary/aromatic N) is 3. The second-order valence-corrected chi connectivity index (χ2v) is 11.1. The molecule has 3 heterocycles. The first-order chi connectivity index (χ1) is 20.3. The number of aromatic nitrogens is 1. The van der Waals surface area contributed by atoms with Crippen molar-refractivity contribution in [2.75, 3.05) is 24.5 Å². The maximum absolute atomic E-state index is 14.9. The minimum absolute atomic E-state index is 0.0332. The van der Waals surface area contributed by atoms with Gasteiger partial charge in [-0.3, -0.25) is 19.7 Å². The zero-order chi connectivity index (χ0) is 29.6. The van der Waals surface area contributed by atoms with Crippen LogP contribution in [0, 0.1) is 17.6 Å². The zero-order valence-electron chi connectivity index (χ0n) is 23.6. The van der Waals surface area contributed by atoms with Crippen LogP contribution in [0.5, 0.6) is 0 Å². The van der Waals surface area contributed by atoms with Crippen molar-refractivity contribution in [3.05, 3.63) is 83.1 Å². The number of hydrogen-bond acceptors (Lipinski definition) is 6. The molecule has 1 fully saturated rings. The summed E-state index contributed by atoms with van der Waals surface area (Å²) in [6, 6.07) is 13.3. The van der Waals surface area contributed by atoms with E-state index in [1.165, 1.54) is 18.2 Å². The van der Waals surface area contributed by atoms with Crippen LogP contribution in [0.2, 0.25) is 0 Å². The molecule has 1 aromatic heterocycles. The van der Waals surface area contributed by atoms with Crippen LogP contribution in [0.15, 0.2) is 54.7 Å². The van der Waals surface area contributed by atoms with Gasteiger partial charge >= 0.3 is 0 Å². The highest BCUT2D eigenvalue weighted by molar-refractivity contribution is 5.98. The number of nitrogens with one attached hydrogen (secondary N) is 2. The highest BCUT2D eigenvalue weighted by Gasteiger charge is 2.31. The second-order valence-electron chi connectivity index (χ2n) is 11.1. The normalized spacial score (nSPS) is 15.9. The van der Waals surface area contributed by atoms with Crippen molar-refractivity contribution < 1.29 is 23.2 Å². The Labute approximate surface area is 244 Å². The quantitative estimate of drug-likeness (QED) is 0.329. The molecule has 10 heteroatoms. The average Bonchev–Trinajstić information content (AvgIpc) is 3.32. The lowest BCUT2D eigenvalue weighted by Gasteiger charge is -2.33. The minimum Gasteiger partial charge on any atom is -0.354 e. The van der Waals surface area contributed by atoms with Crippen molar-refractivity contribution in [2.24, 2.45) is 5.92 Å². The lowest BCUT2D eigenvalue weighted by atomic mass is 9.96. The number of amides is 3. The molecule has 3 amide bonds. The van der Waals surface area contributed by atoms with E-state index < -0.39 is 5.82 Å². The molecule has 2 aliphatic heterocycles. The molecule has 42 heavy (non-hydrogen) atoms. The van der Waals surface area contributed by atoms with Gasteiger partial charge < -0.3 is 15.1 Å². The highest BCUT2D eigenvalue weighted by Crippen LogP contribution is 2.29. The fraction of sp³-hybridized carbons (Fsp3) is 0.375. The average molecular weight is 576 g/mol. The number of imide groups is 1. The Bertz CT molecular complexity index is 1460. The number of halogens is 2. The summed E-state index contributed by atoms with van der Waals surface area (Å²) in [7, 11) is 0. The van der Waals surface area contributed by atoms with Gasteiger partial charge in [-0.15, -0.1) is 0 Å². The van der Waals surface area contributed by atoms with E-state index in [-0.39, 0.29) is 30.1 Å². The molecular formula is C32H35F2N5O3. The molecule has 2 aliphatic rings. The van der Waals surface area contributed by atoms with E-state index in [2.05, 4.69) is 21.7 Å². The van der Waals surface area contributed by atoms with Crippen molar-refractivity contribution >= 4 is 24.0 Å². The van der Waals surface area contributed by atoms with E-state index in [9.17, 15) is 23.2 Å². The summed E-state index contributed by atoms with van der Waals surface area (Å²) in [5.41, 5.74) is 3.92. The molecule has 3 aromatic rings. The number of carbonyl (C=O) groups is 3. The first-order valence-corrected chi connectivity index (χ1v) is 14.4. The monoisotopic (exact) mass is 575 g/mol. The number of anilines is 1. The van der Waals surface area contributed by atoms with Gasteiger partial charge in [-0.05, 0) is 79.6 Å². The Balaban J connectivity index is 1.08. The molecule has 0 spiro atoms. The van der Waals surface area contributed by atoms with Crippen LogP contribution in [-0.4, -0.2) is 53.8 Å². The van der Waals surface area contributed by atoms with Crippen molar-refractivity contribution in [1.29, 1.82) is 0 Å². The summed E-state index contributed by atoms with van der Waals surface area (Å²) in [6.45, 7) is 5.36. The smallest absolute Gasteiger partial charge is 0.254 e. The van der Waals surface area contributed by atoms with Gasteiger partial charge in [0.05, 0.1) is 0 Å². The first kappa shape index (κ1) is 29.3. The molecule has 5 rings (SSSR count). The Morgan fingerprint density at radius 3 is 2.67 bits per heavy atom. The number of fused-ring (bicyclic) bond motifs is 1. The molecule has 1 unspecified atom stereocenters. The van der Waals surface area contributed by atoms with E-state index >= 15 is 0 Å².